The fraction of sp³-hybridized carbons (Fsp3) is 0.538. The van der Waals surface area contributed by atoms with E-state index in [0.29, 0.717) is 5.02 Å². The molecule has 2 N–H and O–H groups in total. The maximum atomic E-state index is 9.65. The van der Waals surface area contributed by atoms with Gasteiger partial charge >= 0.3 is 0 Å². The summed E-state index contributed by atoms with van der Waals surface area (Å²) in [5, 5.41) is 13.8. The van der Waals surface area contributed by atoms with Gasteiger partial charge in [-0.3, -0.25) is 0 Å². The van der Waals surface area contributed by atoms with Crippen LogP contribution in [-0.2, 0) is 0 Å². The molecule has 4 heteroatoms. The fourth-order valence-electron chi connectivity index (χ4n) is 2.01. The van der Waals surface area contributed by atoms with Gasteiger partial charge in [-0.1, -0.05) is 18.5 Å². The molecule has 1 aliphatic rings. The molecule has 0 aromatic heterocycles. The van der Waals surface area contributed by atoms with Gasteiger partial charge in [0.05, 0.1) is 17.2 Å². The van der Waals surface area contributed by atoms with Gasteiger partial charge in [0.25, 0.3) is 0 Å². The molecule has 1 aromatic carbocycles. The molecule has 0 bridgehead atoms. The zero-order valence-electron chi connectivity index (χ0n) is 10.1. The third kappa shape index (κ3) is 2.47. The summed E-state index contributed by atoms with van der Waals surface area (Å²) in [5.41, 5.74) is 0.889. The highest BCUT2D eigenvalue weighted by Crippen LogP contribution is 2.54. The van der Waals surface area contributed by atoms with Crippen LogP contribution in [0, 0.1) is 5.41 Å². The van der Waals surface area contributed by atoms with E-state index in [-0.39, 0.29) is 17.6 Å². The summed E-state index contributed by atoms with van der Waals surface area (Å²) in [6, 6.07) is 5.73. The van der Waals surface area contributed by atoms with Crippen LogP contribution < -0.4 is 5.32 Å². The standard InChI is InChI=1S/C13H17BrClNO/c1-12(5-6-12)13(2,8-17)16-9-3-4-11(15)10(14)7-9/h3-4,7,16-17H,5-6,8H2,1-2H3. The van der Waals surface area contributed by atoms with Gasteiger partial charge in [-0.25, -0.2) is 0 Å². The first-order valence-electron chi connectivity index (χ1n) is 5.74. The van der Waals surface area contributed by atoms with Gasteiger partial charge in [-0.05, 0) is 59.3 Å². The number of rotatable bonds is 4. The molecule has 1 aliphatic carbocycles. The molecule has 17 heavy (non-hydrogen) atoms. The second-order valence-corrected chi connectivity index (χ2v) is 6.57. The molecule has 1 saturated carbocycles. The van der Waals surface area contributed by atoms with Crippen LogP contribution in [0.3, 0.4) is 0 Å². The average Bonchev–Trinajstić information content (AvgIpc) is 3.03. The minimum Gasteiger partial charge on any atom is -0.394 e. The van der Waals surface area contributed by atoms with Gasteiger partial charge < -0.3 is 10.4 Å². The zero-order valence-corrected chi connectivity index (χ0v) is 12.4. The first kappa shape index (κ1) is 13.2. The Morgan fingerprint density at radius 1 is 1.53 bits per heavy atom. The minimum absolute atomic E-state index is 0.129. The van der Waals surface area contributed by atoms with E-state index in [1.54, 1.807) is 0 Å². The summed E-state index contributed by atoms with van der Waals surface area (Å²) in [4.78, 5) is 0. The van der Waals surface area contributed by atoms with Crippen molar-refractivity contribution in [2.75, 3.05) is 11.9 Å². The molecule has 0 amide bonds. The Labute approximate surface area is 115 Å². The van der Waals surface area contributed by atoms with Crippen molar-refractivity contribution in [1.82, 2.24) is 0 Å². The van der Waals surface area contributed by atoms with E-state index in [0.717, 1.165) is 23.0 Å². The van der Waals surface area contributed by atoms with Crippen molar-refractivity contribution < 1.29 is 5.11 Å². The maximum absolute atomic E-state index is 9.65. The van der Waals surface area contributed by atoms with Crippen molar-refractivity contribution in [1.29, 1.82) is 0 Å². The van der Waals surface area contributed by atoms with Gasteiger partial charge in [-0.15, -0.1) is 0 Å². The molecule has 94 valence electrons. The number of halogens is 2. The molecular weight excluding hydrogens is 302 g/mol. The normalized spacial score (nSPS) is 20.8. The number of benzene rings is 1. The Bertz CT molecular complexity index is 433. The van der Waals surface area contributed by atoms with Crippen molar-refractivity contribution in [2.24, 2.45) is 5.41 Å². The van der Waals surface area contributed by atoms with Crippen LogP contribution in [0.2, 0.25) is 5.02 Å². The minimum atomic E-state index is -0.278. The Balaban J connectivity index is 2.21. The SMILES string of the molecule is CC1(C(C)(CO)Nc2ccc(Cl)c(Br)c2)CC1. The Morgan fingerprint density at radius 2 is 2.18 bits per heavy atom. The number of aliphatic hydroxyl groups is 1. The summed E-state index contributed by atoms with van der Waals surface area (Å²) in [7, 11) is 0. The number of hydrogen-bond acceptors (Lipinski definition) is 2. The molecule has 1 atom stereocenters. The molecule has 1 fully saturated rings. The maximum Gasteiger partial charge on any atom is 0.0664 e. The first-order valence-corrected chi connectivity index (χ1v) is 6.91. The summed E-state index contributed by atoms with van der Waals surface area (Å²) in [6.07, 6.45) is 2.32. The van der Waals surface area contributed by atoms with Gasteiger partial charge in [0, 0.05) is 10.2 Å². The highest BCUT2D eigenvalue weighted by Gasteiger charge is 2.52. The fourth-order valence-corrected chi connectivity index (χ4v) is 2.51. The van der Waals surface area contributed by atoms with Gasteiger partial charge in [0.15, 0.2) is 0 Å². The van der Waals surface area contributed by atoms with E-state index in [2.05, 4.69) is 35.1 Å². The predicted octanol–water partition coefficient (Wildman–Crippen LogP) is 4.07. The molecular formula is C13H17BrClNO. The quantitative estimate of drug-likeness (QED) is 0.877. The van der Waals surface area contributed by atoms with E-state index < -0.39 is 0 Å². The topological polar surface area (TPSA) is 32.3 Å². The first-order chi connectivity index (χ1) is 7.90. The van der Waals surface area contributed by atoms with Crippen LogP contribution in [0.4, 0.5) is 5.69 Å². The highest BCUT2D eigenvalue weighted by atomic mass is 79.9. The lowest BCUT2D eigenvalue weighted by Gasteiger charge is -2.36. The van der Waals surface area contributed by atoms with Crippen LogP contribution in [0.5, 0.6) is 0 Å². The van der Waals surface area contributed by atoms with E-state index in [1.165, 1.54) is 0 Å². The van der Waals surface area contributed by atoms with Crippen molar-refractivity contribution in [3.63, 3.8) is 0 Å². The Kier molecular flexibility index (Phi) is 3.45. The number of anilines is 1. The molecule has 0 heterocycles. The number of aliphatic hydroxyl groups excluding tert-OH is 1. The molecule has 1 unspecified atom stereocenters. The van der Waals surface area contributed by atoms with Crippen LogP contribution in [-0.4, -0.2) is 17.3 Å². The highest BCUT2D eigenvalue weighted by molar-refractivity contribution is 9.10. The number of nitrogens with one attached hydrogen (secondary N) is 1. The van der Waals surface area contributed by atoms with Crippen molar-refractivity contribution in [3.05, 3.63) is 27.7 Å². The van der Waals surface area contributed by atoms with Gasteiger partial charge in [0.2, 0.25) is 0 Å². The molecule has 2 rings (SSSR count). The van der Waals surface area contributed by atoms with Gasteiger partial charge in [0.1, 0.15) is 0 Å². The third-order valence-corrected chi connectivity index (χ3v) is 5.20. The second kappa shape index (κ2) is 4.45. The molecule has 0 radical (unpaired) electrons. The summed E-state index contributed by atoms with van der Waals surface area (Å²) >= 11 is 9.37. The Hall–Kier alpha value is -0.250. The van der Waals surface area contributed by atoms with E-state index in [4.69, 9.17) is 11.6 Å². The lowest BCUT2D eigenvalue weighted by molar-refractivity contribution is 0.167. The van der Waals surface area contributed by atoms with E-state index in [9.17, 15) is 5.11 Å². The largest absolute Gasteiger partial charge is 0.394 e. The molecule has 2 nitrogen and oxygen atoms in total. The van der Waals surface area contributed by atoms with E-state index >= 15 is 0 Å². The van der Waals surface area contributed by atoms with E-state index in [1.807, 2.05) is 18.2 Å². The van der Waals surface area contributed by atoms with Crippen LogP contribution in [0.15, 0.2) is 22.7 Å². The van der Waals surface area contributed by atoms with Crippen LogP contribution in [0.1, 0.15) is 26.7 Å². The zero-order chi connectivity index (χ0) is 12.7. The second-order valence-electron chi connectivity index (χ2n) is 5.30. The van der Waals surface area contributed by atoms with Crippen molar-refractivity contribution in [2.45, 2.75) is 32.2 Å². The summed E-state index contributed by atoms with van der Waals surface area (Å²) in [5.74, 6) is 0. The Morgan fingerprint density at radius 3 is 2.65 bits per heavy atom. The molecule has 0 spiro atoms. The monoisotopic (exact) mass is 317 g/mol. The molecule has 0 saturated heterocycles. The van der Waals surface area contributed by atoms with Crippen LogP contribution in [0.25, 0.3) is 0 Å². The van der Waals surface area contributed by atoms with Crippen molar-refractivity contribution in [3.8, 4) is 0 Å². The summed E-state index contributed by atoms with van der Waals surface area (Å²) in [6.45, 7) is 4.41. The average molecular weight is 319 g/mol. The number of hydrogen-bond donors (Lipinski definition) is 2. The third-order valence-electron chi connectivity index (χ3n) is 3.99. The van der Waals surface area contributed by atoms with Crippen molar-refractivity contribution >= 4 is 33.2 Å². The van der Waals surface area contributed by atoms with Crippen LogP contribution >= 0.6 is 27.5 Å². The summed E-state index contributed by atoms with van der Waals surface area (Å²) < 4.78 is 0.866. The molecule has 0 aliphatic heterocycles. The lowest BCUT2D eigenvalue weighted by atomic mass is 9.84. The smallest absolute Gasteiger partial charge is 0.0664 e. The predicted molar refractivity (Wildman–Crippen MR) is 75.6 cm³/mol. The van der Waals surface area contributed by atoms with Gasteiger partial charge in [-0.2, -0.15) is 0 Å². The lowest BCUT2D eigenvalue weighted by Crippen LogP contribution is -2.46. The molecule has 1 aromatic rings.